The van der Waals surface area contributed by atoms with Crippen LogP contribution in [-0.4, -0.2) is 33.4 Å². The van der Waals surface area contributed by atoms with Gasteiger partial charge in [0.1, 0.15) is 0 Å². The largest absolute Gasteiger partial charge is 0.475 e. The van der Waals surface area contributed by atoms with E-state index in [0.717, 1.165) is 0 Å². The molecule has 46 valence electrons. The van der Waals surface area contributed by atoms with E-state index in [2.05, 4.69) is 0 Å². The number of carbonyl (C=O) groups excluding carboxylic acids is 1. The van der Waals surface area contributed by atoms with E-state index in [-0.39, 0.29) is 0 Å². The Balaban J connectivity index is 3.84. The summed E-state index contributed by atoms with van der Waals surface area (Å²) in [7, 11) is 0. The molecule has 0 heterocycles. The lowest BCUT2D eigenvalue weighted by molar-refractivity contribution is -0.163. The van der Waals surface area contributed by atoms with Crippen molar-refractivity contribution in [2.75, 3.05) is 0 Å². The Morgan fingerprint density at radius 3 is 1.62 bits per heavy atom. The normalized spacial score (nSPS) is 9.38. The lowest BCUT2D eigenvalue weighted by Crippen LogP contribution is -2.27. The molecule has 0 aromatic carbocycles. The molecule has 5 nitrogen and oxygen atoms in total. The standard InChI is InChI=1S/C3H4O5/c4-1(2(5)6)3(7)8/h2,5-6H,(H,7,8). The summed E-state index contributed by atoms with van der Waals surface area (Å²) >= 11 is 0. The molecule has 0 saturated heterocycles. The van der Waals surface area contributed by atoms with Gasteiger partial charge in [-0.25, -0.2) is 4.79 Å². The van der Waals surface area contributed by atoms with Crippen molar-refractivity contribution in [3.8, 4) is 0 Å². The molecule has 0 atom stereocenters. The van der Waals surface area contributed by atoms with E-state index >= 15 is 0 Å². The highest BCUT2D eigenvalue weighted by Gasteiger charge is 2.18. The third-order valence-corrected chi connectivity index (χ3v) is 0.445. The monoisotopic (exact) mass is 120 g/mol. The number of aliphatic hydroxyl groups excluding tert-OH is 1. The number of aliphatic hydroxyl groups is 2. The van der Waals surface area contributed by atoms with Gasteiger partial charge in [0.25, 0.3) is 5.78 Å². The first-order valence-electron chi connectivity index (χ1n) is 1.69. The second kappa shape index (κ2) is 2.39. The molecule has 5 heteroatoms. The second-order valence-corrected chi connectivity index (χ2v) is 1.04. The van der Waals surface area contributed by atoms with Gasteiger partial charge in [0.2, 0.25) is 6.29 Å². The van der Waals surface area contributed by atoms with E-state index in [0.29, 0.717) is 0 Å². The Hall–Kier alpha value is -0.940. The van der Waals surface area contributed by atoms with Gasteiger partial charge >= 0.3 is 5.97 Å². The van der Waals surface area contributed by atoms with Gasteiger partial charge in [-0.15, -0.1) is 0 Å². The fourth-order valence-electron chi connectivity index (χ4n) is 0.110. The van der Waals surface area contributed by atoms with Crippen molar-refractivity contribution in [1.82, 2.24) is 0 Å². The third kappa shape index (κ3) is 1.67. The highest BCUT2D eigenvalue weighted by Crippen LogP contribution is 1.77. The van der Waals surface area contributed by atoms with Gasteiger partial charge in [0.05, 0.1) is 0 Å². The first kappa shape index (κ1) is 7.06. The van der Waals surface area contributed by atoms with Crippen molar-refractivity contribution in [2.45, 2.75) is 6.29 Å². The van der Waals surface area contributed by atoms with Crippen molar-refractivity contribution in [3.05, 3.63) is 0 Å². The molecule has 3 N–H and O–H groups in total. The van der Waals surface area contributed by atoms with Crippen LogP contribution in [0.4, 0.5) is 0 Å². The number of hydrogen-bond donors (Lipinski definition) is 3. The zero-order valence-electron chi connectivity index (χ0n) is 3.74. The minimum Gasteiger partial charge on any atom is -0.475 e. The van der Waals surface area contributed by atoms with Gasteiger partial charge in [0.15, 0.2) is 0 Å². The molecular formula is C3H4O5. The molecule has 0 saturated carbocycles. The van der Waals surface area contributed by atoms with Crippen molar-refractivity contribution in [1.29, 1.82) is 0 Å². The van der Waals surface area contributed by atoms with E-state index in [1.165, 1.54) is 0 Å². The first-order valence-corrected chi connectivity index (χ1v) is 1.69. The maximum atomic E-state index is 9.74. The minimum atomic E-state index is -2.40. The Kier molecular flexibility index (Phi) is 2.11. The van der Waals surface area contributed by atoms with Gasteiger partial charge in [-0.1, -0.05) is 0 Å². The van der Waals surface area contributed by atoms with Crippen LogP contribution in [0.15, 0.2) is 0 Å². The molecular weight excluding hydrogens is 116 g/mol. The molecule has 8 heavy (non-hydrogen) atoms. The van der Waals surface area contributed by atoms with Crippen molar-refractivity contribution in [2.24, 2.45) is 0 Å². The number of ketones is 1. The molecule has 0 rings (SSSR count). The second-order valence-electron chi connectivity index (χ2n) is 1.04. The number of carbonyl (C=O) groups is 2. The topological polar surface area (TPSA) is 94.8 Å². The van der Waals surface area contributed by atoms with Crippen LogP contribution in [-0.2, 0) is 9.59 Å². The van der Waals surface area contributed by atoms with Crippen LogP contribution in [0.2, 0.25) is 0 Å². The maximum Gasteiger partial charge on any atom is 0.377 e. The summed E-state index contributed by atoms with van der Waals surface area (Å²) in [6.07, 6.45) is -2.40. The molecule has 0 bridgehead atoms. The van der Waals surface area contributed by atoms with E-state index in [9.17, 15) is 9.59 Å². The first-order chi connectivity index (χ1) is 3.55. The molecule has 0 aromatic heterocycles. The Labute approximate surface area is 44.2 Å². The highest BCUT2D eigenvalue weighted by atomic mass is 16.5. The highest BCUT2D eigenvalue weighted by molar-refractivity contribution is 6.33. The van der Waals surface area contributed by atoms with Gasteiger partial charge in [0, 0.05) is 0 Å². The molecule has 0 aromatic rings. The van der Waals surface area contributed by atoms with Gasteiger partial charge < -0.3 is 15.3 Å². The quantitative estimate of drug-likeness (QED) is 0.288. The van der Waals surface area contributed by atoms with E-state index in [1.54, 1.807) is 0 Å². The van der Waals surface area contributed by atoms with Crippen LogP contribution in [0.3, 0.4) is 0 Å². The summed E-state index contributed by atoms with van der Waals surface area (Å²) in [4.78, 5) is 19.2. The molecule has 0 aliphatic rings. The Morgan fingerprint density at radius 2 is 1.62 bits per heavy atom. The predicted octanol–water partition coefficient (Wildman–Crippen LogP) is -2.05. The minimum absolute atomic E-state index is 1.62. The molecule has 0 aliphatic heterocycles. The van der Waals surface area contributed by atoms with Crippen molar-refractivity contribution < 1.29 is 24.9 Å². The molecule has 0 fully saturated rings. The molecule has 0 amide bonds. The Morgan fingerprint density at radius 1 is 1.25 bits per heavy atom. The van der Waals surface area contributed by atoms with Crippen LogP contribution in [0.25, 0.3) is 0 Å². The molecule has 0 spiro atoms. The number of hydrogen-bond acceptors (Lipinski definition) is 4. The average molecular weight is 120 g/mol. The average Bonchev–Trinajstić information content (AvgIpc) is 1.64. The van der Waals surface area contributed by atoms with Crippen LogP contribution in [0.5, 0.6) is 0 Å². The van der Waals surface area contributed by atoms with Crippen LogP contribution in [0.1, 0.15) is 0 Å². The molecule has 0 aliphatic carbocycles. The third-order valence-electron chi connectivity index (χ3n) is 0.445. The summed E-state index contributed by atoms with van der Waals surface area (Å²) in [6.45, 7) is 0. The van der Waals surface area contributed by atoms with Gasteiger partial charge in [-0.05, 0) is 0 Å². The summed E-state index contributed by atoms with van der Waals surface area (Å²) in [6, 6.07) is 0. The number of Topliss-reactive ketones (excluding diaryl/α,β-unsaturated/α-hetero) is 1. The van der Waals surface area contributed by atoms with E-state index in [4.69, 9.17) is 15.3 Å². The maximum absolute atomic E-state index is 9.74. The van der Waals surface area contributed by atoms with Crippen LogP contribution < -0.4 is 0 Å². The summed E-state index contributed by atoms with van der Waals surface area (Å²) in [5, 5.41) is 23.3. The SMILES string of the molecule is O=C(O)C(=O)C(O)O. The number of carboxylic acid groups (broad SMARTS) is 1. The molecule has 0 unspecified atom stereocenters. The van der Waals surface area contributed by atoms with Crippen LogP contribution >= 0.6 is 0 Å². The zero-order valence-corrected chi connectivity index (χ0v) is 3.74. The van der Waals surface area contributed by atoms with Gasteiger partial charge in [-0.3, -0.25) is 4.79 Å². The van der Waals surface area contributed by atoms with Gasteiger partial charge in [-0.2, -0.15) is 0 Å². The number of rotatable bonds is 2. The van der Waals surface area contributed by atoms with Crippen LogP contribution in [0, 0.1) is 0 Å². The van der Waals surface area contributed by atoms with E-state index in [1.807, 2.05) is 0 Å². The number of carboxylic acids is 1. The number of aliphatic carboxylic acids is 1. The summed E-state index contributed by atoms with van der Waals surface area (Å²) in [5.74, 6) is -3.47. The lowest BCUT2D eigenvalue weighted by atomic mass is 10.4. The van der Waals surface area contributed by atoms with Crippen molar-refractivity contribution >= 4 is 11.8 Å². The Bertz CT molecular complexity index is 115. The summed E-state index contributed by atoms with van der Waals surface area (Å²) in [5.41, 5.74) is 0. The fourth-order valence-corrected chi connectivity index (χ4v) is 0.110. The zero-order chi connectivity index (χ0) is 6.73. The smallest absolute Gasteiger partial charge is 0.377 e. The van der Waals surface area contributed by atoms with Crippen molar-refractivity contribution in [3.63, 3.8) is 0 Å². The predicted molar refractivity (Wildman–Crippen MR) is 20.9 cm³/mol. The molecule has 0 radical (unpaired) electrons. The lowest BCUT2D eigenvalue weighted by Gasteiger charge is -1.92. The summed E-state index contributed by atoms with van der Waals surface area (Å²) < 4.78 is 0. The fraction of sp³-hybridized carbons (Fsp3) is 0.333. The van der Waals surface area contributed by atoms with E-state index < -0.39 is 18.0 Å².